The highest BCUT2D eigenvalue weighted by Crippen LogP contribution is 2.23. The molecule has 0 fully saturated rings. The Morgan fingerprint density at radius 1 is 1.16 bits per heavy atom. The van der Waals surface area contributed by atoms with E-state index < -0.39 is 6.09 Å². The van der Waals surface area contributed by atoms with Gasteiger partial charge in [-0.1, -0.05) is 35.0 Å². The van der Waals surface area contributed by atoms with E-state index in [1.165, 1.54) is 5.56 Å². The number of hydrogen-bond donors (Lipinski definition) is 2. The van der Waals surface area contributed by atoms with Crippen LogP contribution < -0.4 is 10.1 Å². The number of carbonyl (C=O) groups is 1. The molecule has 1 amide bonds. The standard InChI is InChI=1S/C19H18N2O4/c1-13-2-4-14(5-3-13)12-24-16-8-6-15(7-9-16)18-10-17(25-21-18)11-20-19(22)23/h2-10,20H,11-12H2,1H3,(H,22,23). The second-order valence-corrected chi connectivity index (χ2v) is 5.64. The third-order valence-corrected chi connectivity index (χ3v) is 3.65. The highest BCUT2D eigenvalue weighted by Gasteiger charge is 2.08. The summed E-state index contributed by atoms with van der Waals surface area (Å²) in [5.41, 5.74) is 3.85. The van der Waals surface area contributed by atoms with E-state index in [1.807, 2.05) is 36.4 Å². The van der Waals surface area contributed by atoms with Crippen LogP contribution in [0, 0.1) is 6.92 Å². The fourth-order valence-electron chi connectivity index (χ4n) is 2.27. The lowest BCUT2D eigenvalue weighted by Gasteiger charge is -2.07. The number of nitrogens with zero attached hydrogens (tertiary/aromatic N) is 1. The van der Waals surface area contributed by atoms with E-state index in [2.05, 4.69) is 29.5 Å². The van der Waals surface area contributed by atoms with Gasteiger partial charge >= 0.3 is 6.09 Å². The summed E-state index contributed by atoms with van der Waals surface area (Å²) in [4.78, 5) is 10.5. The first kappa shape index (κ1) is 16.6. The maximum absolute atomic E-state index is 10.5. The van der Waals surface area contributed by atoms with Gasteiger partial charge in [-0.3, -0.25) is 0 Å². The van der Waals surface area contributed by atoms with Crippen molar-refractivity contribution >= 4 is 6.09 Å². The number of benzene rings is 2. The maximum atomic E-state index is 10.5. The van der Waals surface area contributed by atoms with Crippen molar-refractivity contribution in [2.24, 2.45) is 0 Å². The summed E-state index contributed by atoms with van der Waals surface area (Å²) in [6, 6.07) is 17.4. The van der Waals surface area contributed by atoms with Crippen LogP contribution in [0.25, 0.3) is 11.3 Å². The van der Waals surface area contributed by atoms with Crippen LogP contribution in [0.2, 0.25) is 0 Å². The van der Waals surface area contributed by atoms with Gasteiger partial charge in [-0.2, -0.15) is 0 Å². The minimum absolute atomic E-state index is 0.0834. The predicted octanol–water partition coefficient (Wildman–Crippen LogP) is 4.00. The van der Waals surface area contributed by atoms with Crippen molar-refractivity contribution in [2.75, 3.05) is 0 Å². The summed E-state index contributed by atoms with van der Waals surface area (Å²) in [5, 5.41) is 14.8. The summed E-state index contributed by atoms with van der Waals surface area (Å²) >= 11 is 0. The minimum atomic E-state index is -1.10. The SMILES string of the molecule is Cc1ccc(COc2ccc(-c3cc(CNC(=O)O)on3)cc2)cc1. The van der Waals surface area contributed by atoms with Crippen molar-refractivity contribution < 1.29 is 19.2 Å². The molecule has 128 valence electrons. The van der Waals surface area contributed by atoms with Crippen molar-refractivity contribution in [3.63, 3.8) is 0 Å². The Hall–Kier alpha value is -3.28. The van der Waals surface area contributed by atoms with Crippen LogP contribution in [0.4, 0.5) is 4.79 Å². The van der Waals surface area contributed by atoms with E-state index in [0.29, 0.717) is 18.1 Å². The second-order valence-electron chi connectivity index (χ2n) is 5.64. The average Bonchev–Trinajstić information content (AvgIpc) is 3.09. The molecule has 1 aromatic heterocycles. The van der Waals surface area contributed by atoms with Gasteiger partial charge in [-0.25, -0.2) is 4.79 Å². The molecule has 0 saturated heterocycles. The lowest BCUT2D eigenvalue weighted by Crippen LogP contribution is -2.19. The van der Waals surface area contributed by atoms with E-state index >= 15 is 0 Å². The first-order chi connectivity index (χ1) is 12.1. The van der Waals surface area contributed by atoms with Crippen molar-refractivity contribution in [1.29, 1.82) is 0 Å². The van der Waals surface area contributed by atoms with Crippen molar-refractivity contribution in [1.82, 2.24) is 10.5 Å². The van der Waals surface area contributed by atoms with E-state index in [-0.39, 0.29) is 6.54 Å². The lowest BCUT2D eigenvalue weighted by atomic mass is 10.1. The largest absolute Gasteiger partial charge is 0.489 e. The van der Waals surface area contributed by atoms with Crippen LogP contribution in [0.3, 0.4) is 0 Å². The van der Waals surface area contributed by atoms with Gasteiger partial charge in [-0.05, 0) is 36.8 Å². The van der Waals surface area contributed by atoms with Gasteiger partial charge < -0.3 is 19.7 Å². The summed E-state index contributed by atoms with van der Waals surface area (Å²) in [6.07, 6.45) is -1.10. The molecule has 2 aromatic carbocycles. The summed E-state index contributed by atoms with van der Waals surface area (Å²) in [7, 11) is 0. The number of carboxylic acid groups (broad SMARTS) is 1. The normalized spacial score (nSPS) is 10.4. The fraction of sp³-hybridized carbons (Fsp3) is 0.158. The number of amides is 1. The Bertz CT molecular complexity index is 839. The highest BCUT2D eigenvalue weighted by molar-refractivity contribution is 5.64. The van der Waals surface area contributed by atoms with Crippen LogP contribution in [0.5, 0.6) is 5.75 Å². The molecule has 1 heterocycles. The van der Waals surface area contributed by atoms with Crippen LogP contribution in [0.15, 0.2) is 59.1 Å². The quantitative estimate of drug-likeness (QED) is 0.710. The Labute approximate surface area is 145 Å². The molecule has 3 aromatic rings. The Morgan fingerprint density at radius 3 is 2.56 bits per heavy atom. The molecule has 0 spiro atoms. The zero-order chi connectivity index (χ0) is 17.6. The molecule has 25 heavy (non-hydrogen) atoms. The van der Waals surface area contributed by atoms with E-state index in [1.54, 1.807) is 6.07 Å². The molecule has 6 nitrogen and oxygen atoms in total. The minimum Gasteiger partial charge on any atom is -0.489 e. The van der Waals surface area contributed by atoms with Crippen LogP contribution in [-0.2, 0) is 13.2 Å². The van der Waals surface area contributed by atoms with Crippen LogP contribution in [0.1, 0.15) is 16.9 Å². The van der Waals surface area contributed by atoms with E-state index in [9.17, 15) is 4.79 Å². The number of aryl methyl sites for hydroxylation is 1. The zero-order valence-corrected chi connectivity index (χ0v) is 13.7. The number of ether oxygens (including phenoxy) is 1. The van der Waals surface area contributed by atoms with E-state index in [0.717, 1.165) is 16.9 Å². The highest BCUT2D eigenvalue weighted by atomic mass is 16.5. The Balaban J connectivity index is 1.60. The monoisotopic (exact) mass is 338 g/mol. The molecule has 0 radical (unpaired) electrons. The molecule has 0 aliphatic heterocycles. The molecule has 0 aliphatic carbocycles. The van der Waals surface area contributed by atoms with Gasteiger partial charge in [-0.15, -0.1) is 0 Å². The molecule has 0 bridgehead atoms. The fourth-order valence-corrected chi connectivity index (χ4v) is 2.27. The van der Waals surface area contributed by atoms with Gasteiger partial charge in [0.15, 0.2) is 5.76 Å². The van der Waals surface area contributed by atoms with Gasteiger partial charge in [0.25, 0.3) is 0 Å². The molecule has 6 heteroatoms. The third kappa shape index (κ3) is 4.60. The summed E-state index contributed by atoms with van der Waals surface area (Å²) in [6.45, 7) is 2.64. The smallest absolute Gasteiger partial charge is 0.405 e. The van der Waals surface area contributed by atoms with Gasteiger partial charge in [0.2, 0.25) is 0 Å². The molecule has 3 rings (SSSR count). The van der Waals surface area contributed by atoms with Gasteiger partial charge in [0, 0.05) is 11.6 Å². The predicted molar refractivity (Wildman–Crippen MR) is 92.3 cm³/mol. The summed E-state index contributed by atoms with van der Waals surface area (Å²) in [5.74, 6) is 1.22. The van der Waals surface area contributed by atoms with Crippen LogP contribution >= 0.6 is 0 Å². The third-order valence-electron chi connectivity index (χ3n) is 3.65. The topological polar surface area (TPSA) is 84.6 Å². The molecular formula is C19H18N2O4. The van der Waals surface area contributed by atoms with Crippen molar-refractivity contribution in [2.45, 2.75) is 20.1 Å². The molecule has 0 atom stereocenters. The van der Waals surface area contributed by atoms with Gasteiger partial charge in [0.1, 0.15) is 18.1 Å². The van der Waals surface area contributed by atoms with Crippen LogP contribution in [-0.4, -0.2) is 16.4 Å². The Kier molecular flexibility index (Phi) is 4.99. The molecular weight excluding hydrogens is 320 g/mol. The molecule has 2 N–H and O–H groups in total. The average molecular weight is 338 g/mol. The molecule has 0 unspecified atom stereocenters. The number of rotatable bonds is 6. The second kappa shape index (κ2) is 7.53. The van der Waals surface area contributed by atoms with Crippen molar-refractivity contribution in [3.8, 4) is 17.0 Å². The number of aromatic nitrogens is 1. The lowest BCUT2D eigenvalue weighted by molar-refractivity contribution is 0.192. The van der Waals surface area contributed by atoms with Gasteiger partial charge in [0.05, 0.1) is 6.54 Å². The number of hydrogen-bond acceptors (Lipinski definition) is 4. The number of nitrogens with one attached hydrogen (secondary N) is 1. The zero-order valence-electron chi connectivity index (χ0n) is 13.7. The van der Waals surface area contributed by atoms with E-state index in [4.69, 9.17) is 14.4 Å². The maximum Gasteiger partial charge on any atom is 0.405 e. The molecule has 0 aliphatic rings. The first-order valence-electron chi connectivity index (χ1n) is 7.81. The Morgan fingerprint density at radius 2 is 1.88 bits per heavy atom. The molecule has 0 saturated carbocycles. The van der Waals surface area contributed by atoms with Crippen molar-refractivity contribution in [3.05, 3.63) is 71.5 Å². The summed E-state index contributed by atoms with van der Waals surface area (Å²) < 4.78 is 10.9. The first-order valence-corrected chi connectivity index (χ1v) is 7.81.